The van der Waals surface area contributed by atoms with Gasteiger partial charge in [-0.2, -0.15) is 0 Å². The van der Waals surface area contributed by atoms with Crippen molar-refractivity contribution < 1.29 is 37.3 Å². The quantitative estimate of drug-likeness (QED) is 0.0202. The SMILES string of the molecule is CC/C=C\C/C=C\C/C=C\C/C=C\C/C=C\C/C=C\C/C=C\CCCC(=O)OC(COCCCCCCCC/C=C\CCC)COP(=O)([O-])OCC[N+](C)(C)C. The van der Waals surface area contributed by atoms with E-state index in [1.54, 1.807) is 0 Å². The van der Waals surface area contributed by atoms with Crippen molar-refractivity contribution in [2.75, 3.05) is 54.1 Å². The molecular formula is C47H80NO7P. The van der Waals surface area contributed by atoms with Gasteiger partial charge in [-0.15, -0.1) is 0 Å². The number of allylic oxidation sites excluding steroid dienone is 16. The first-order chi connectivity index (χ1) is 27.1. The van der Waals surface area contributed by atoms with Crippen molar-refractivity contribution in [3.63, 3.8) is 0 Å². The van der Waals surface area contributed by atoms with Crippen LogP contribution < -0.4 is 4.89 Å². The Morgan fingerprint density at radius 3 is 1.57 bits per heavy atom. The minimum Gasteiger partial charge on any atom is -0.756 e. The van der Waals surface area contributed by atoms with E-state index in [4.69, 9.17) is 18.5 Å². The molecule has 0 saturated heterocycles. The number of phosphoric ester groups is 1. The van der Waals surface area contributed by atoms with Crippen LogP contribution in [0, 0.1) is 0 Å². The third-order valence-electron chi connectivity index (χ3n) is 8.35. The number of carbonyl (C=O) groups is 1. The number of hydrogen-bond acceptors (Lipinski definition) is 7. The molecule has 0 aromatic rings. The van der Waals surface area contributed by atoms with Gasteiger partial charge in [-0.3, -0.25) is 9.36 Å². The molecule has 9 heteroatoms. The molecule has 0 aromatic carbocycles. The minimum absolute atomic E-state index is 0.00833. The van der Waals surface area contributed by atoms with Gasteiger partial charge >= 0.3 is 5.97 Å². The normalized spacial score (nSPS) is 14.8. The number of unbranched alkanes of at least 4 members (excludes halogenated alkanes) is 8. The Kier molecular flexibility index (Phi) is 37.4. The second-order valence-electron chi connectivity index (χ2n) is 15.0. The van der Waals surface area contributed by atoms with E-state index < -0.39 is 19.9 Å². The first-order valence-electron chi connectivity index (χ1n) is 21.5. The van der Waals surface area contributed by atoms with Crippen molar-refractivity contribution in [2.24, 2.45) is 0 Å². The van der Waals surface area contributed by atoms with E-state index in [0.29, 0.717) is 24.1 Å². The van der Waals surface area contributed by atoms with Gasteiger partial charge in [-0.25, -0.2) is 0 Å². The van der Waals surface area contributed by atoms with Gasteiger partial charge in [-0.05, 0) is 83.5 Å². The molecule has 0 aromatic heterocycles. The predicted octanol–water partition coefficient (Wildman–Crippen LogP) is 12.0. The summed E-state index contributed by atoms with van der Waals surface area (Å²) >= 11 is 0. The molecule has 0 radical (unpaired) electrons. The first kappa shape index (κ1) is 53.4. The molecule has 0 rings (SSSR count). The van der Waals surface area contributed by atoms with Gasteiger partial charge in [0.2, 0.25) is 0 Å². The summed E-state index contributed by atoms with van der Waals surface area (Å²) in [5.74, 6) is -0.399. The Morgan fingerprint density at radius 1 is 0.571 bits per heavy atom. The zero-order valence-electron chi connectivity index (χ0n) is 36.0. The molecule has 2 atom stereocenters. The molecule has 0 aliphatic heterocycles. The lowest BCUT2D eigenvalue weighted by atomic mass is 10.1. The van der Waals surface area contributed by atoms with Gasteiger partial charge in [0, 0.05) is 13.0 Å². The fourth-order valence-corrected chi connectivity index (χ4v) is 5.79. The second-order valence-corrected chi connectivity index (χ2v) is 16.4. The highest BCUT2D eigenvalue weighted by atomic mass is 31.2. The highest BCUT2D eigenvalue weighted by Crippen LogP contribution is 2.38. The number of hydrogen-bond donors (Lipinski definition) is 0. The molecule has 0 heterocycles. The van der Waals surface area contributed by atoms with E-state index in [1.807, 2.05) is 21.1 Å². The molecule has 0 amide bonds. The molecule has 0 aliphatic carbocycles. The fraction of sp³-hybridized carbons (Fsp3) is 0.638. The van der Waals surface area contributed by atoms with Gasteiger partial charge in [-0.1, -0.05) is 143 Å². The number of carbonyl (C=O) groups excluding carboxylic acids is 1. The van der Waals surface area contributed by atoms with E-state index in [0.717, 1.165) is 83.5 Å². The van der Waals surface area contributed by atoms with Gasteiger partial charge in [0.05, 0.1) is 34.4 Å². The van der Waals surface area contributed by atoms with Gasteiger partial charge in [0.15, 0.2) is 0 Å². The highest BCUT2D eigenvalue weighted by Gasteiger charge is 2.20. The molecule has 0 spiro atoms. The Bertz CT molecular complexity index is 1210. The summed E-state index contributed by atoms with van der Waals surface area (Å²) in [6, 6.07) is 0. The van der Waals surface area contributed by atoms with Crippen LogP contribution in [0.15, 0.2) is 97.2 Å². The summed E-state index contributed by atoms with van der Waals surface area (Å²) in [5, 5.41) is 0. The maximum absolute atomic E-state index is 12.6. The second kappa shape index (κ2) is 39.3. The molecule has 2 unspecified atom stereocenters. The van der Waals surface area contributed by atoms with Crippen LogP contribution in [0.2, 0.25) is 0 Å². The largest absolute Gasteiger partial charge is 0.756 e. The summed E-state index contributed by atoms with van der Waals surface area (Å²) in [5.41, 5.74) is 0. The lowest BCUT2D eigenvalue weighted by Gasteiger charge is -2.28. The lowest BCUT2D eigenvalue weighted by molar-refractivity contribution is -0.870. The lowest BCUT2D eigenvalue weighted by Crippen LogP contribution is -2.37. The maximum Gasteiger partial charge on any atom is 0.306 e. The number of esters is 1. The van der Waals surface area contributed by atoms with E-state index in [-0.39, 0.29) is 26.2 Å². The van der Waals surface area contributed by atoms with Crippen molar-refractivity contribution in [3.8, 4) is 0 Å². The van der Waals surface area contributed by atoms with Gasteiger partial charge in [0.1, 0.15) is 19.3 Å². The summed E-state index contributed by atoms with van der Waals surface area (Å²) in [6.45, 7) is 5.11. The van der Waals surface area contributed by atoms with Crippen LogP contribution >= 0.6 is 7.82 Å². The average molecular weight is 802 g/mol. The molecule has 0 N–H and O–H groups in total. The van der Waals surface area contributed by atoms with Crippen LogP contribution in [0.5, 0.6) is 0 Å². The molecule has 0 fully saturated rings. The number of ether oxygens (including phenoxy) is 2. The summed E-state index contributed by atoms with van der Waals surface area (Å²) in [7, 11) is 1.30. The van der Waals surface area contributed by atoms with Crippen molar-refractivity contribution in [2.45, 2.75) is 142 Å². The number of phosphoric acid groups is 1. The fourth-order valence-electron chi connectivity index (χ4n) is 5.06. The van der Waals surface area contributed by atoms with E-state index in [2.05, 4.69) is 111 Å². The van der Waals surface area contributed by atoms with Crippen molar-refractivity contribution in [1.82, 2.24) is 0 Å². The van der Waals surface area contributed by atoms with E-state index >= 15 is 0 Å². The van der Waals surface area contributed by atoms with E-state index in [1.165, 1.54) is 25.7 Å². The van der Waals surface area contributed by atoms with Gasteiger partial charge < -0.3 is 27.9 Å². The number of nitrogens with zero attached hydrogens (tertiary/aromatic N) is 1. The van der Waals surface area contributed by atoms with Crippen LogP contribution in [0.4, 0.5) is 0 Å². The average Bonchev–Trinajstić information content (AvgIpc) is 3.15. The Hall–Kier alpha value is -2.58. The van der Waals surface area contributed by atoms with Crippen LogP contribution in [0.3, 0.4) is 0 Å². The summed E-state index contributed by atoms with van der Waals surface area (Å²) < 4.78 is 34.4. The molecule has 320 valence electrons. The Balaban J connectivity index is 4.36. The molecule has 56 heavy (non-hydrogen) atoms. The number of rotatable bonds is 38. The molecular weight excluding hydrogens is 721 g/mol. The van der Waals surface area contributed by atoms with Crippen LogP contribution in [0.1, 0.15) is 136 Å². The minimum atomic E-state index is -4.55. The van der Waals surface area contributed by atoms with E-state index in [9.17, 15) is 14.3 Å². The standard InChI is InChI=1S/C47H80NO7P/c1-6-8-10-12-14-16-18-19-20-21-22-23-24-25-26-27-28-29-30-32-34-36-38-40-47(49)55-46(45-54-56(50,51)53-43-41-48(3,4)5)44-52-42-39-37-35-33-31-17-15-13-11-9-7-2/h8,10-11,13-14,16,19-20,22-23,25-26,28-29,32,34,46H,6-7,9,12,15,17-18,21,24,27,30-31,33,35-45H2,1-5H3/b10-8-,13-11-,16-14-,20-19-,23-22-,26-25-,29-28-,34-32-. The molecule has 0 bridgehead atoms. The third-order valence-corrected chi connectivity index (χ3v) is 9.31. The van der Waals surface area contributed by atoms with Crippen LogP contribution in [-0.2, 0) is 27.9 Å². The van der Waals surface area contributed by atoms with Gasteiger partial charge in [0.25, 0.3) is 7.82 Å². The van der Waals surface area contributed by atoms with Crippen LogP contribution in [-0.4, -0.2) is 70.7 Å². The first-order valence-corrected chi connectivity index (χ1v) is 22.9. The smallest absolute Gasteiger partial charge is 0.306 e. The zero-order chi connectivity index (χ0) is 41.3. The molecule has 0 saturated carbocycles. The maximum atomic E-state index is 12.6. The third kappa shape index (κ3) is 42.6. The highest BCUT2D eigenvalue weighted by molar-refractivity contribution is 7.45. The number of quaternary nitrogens is 1. The van der Waals surface area contributed by atoms with Crippen molar-refractivity contribution >= 4 is 13.8 Å². The van der Waals surface area contributed by atoms with Crippen molar-refractivity contribution in [3.05, 3.63) is 97.2 Å². The summed E-state index contributed by atoms with van der Waals surface area (Å²) in [6.07, 6.45) is 52.9. The topological polar surface area (TPSA) is 94.1 Å². The monoisotopic (exact) mass is 802 g/mol. The zero-order valence-corrected chi connectivity index (χ0v) is 36.9. The Morgan fingerprint density at radius 2 is 1.04 bits per heavy atom. The van der Waals surface area contributed by atoms with Crippen molar-refractivity contribution in [1.29, 1.82) is 0 Å². The summed E-state index contributed by atoms with van der Waals surface area (Å²) in [4.78, 5) is 25.0. The molecule has 0 aliphatic rings. The van der Waals surface area contributed by atoms with Crippen LogP contribution in [0.25, 0.3) is 0 Å². The predicted molar refractivity (Wildman–Crippen MR) is 235 cm³/mol. The molecule has 8 nitrogen and oxygen atoms in total. The Labute approximate surface area is 343 Å². The number of likely N-dealkylation sites (N-methyl/N-ethyl adjacent to an activating group) is 1.